The Hall–Kier alpha value is -10.0. The van der Waals surface area contributed by atoms with Gasteiger partial charge in [-0.2, -0.15) is 9.97 Å². The average Bonchev–Trinajstić information content (AvgIpc) is 3.45. The first-order chi connectivity index (χ1) is 35.4. The van der Waals surface area contributed by atoms with Gasteiger partial charge >= 0.3 is 11.3 Å². The Morgan fingerprint density at radius 2 is 0.500 bits per heavy atom. The third kappa shape index (κ3) is 9.27. The van der Waals surface area contributed by atoms with Crippen molar-refractivity contribution < 1.29 is 18.9 Å². The molecule has 0 saturated heterocycles. The summed E-state index contributed by atoms with van der Waals surface area (Å²) >= 11 is 0. The zero-order valence-corrected chi connectivity index (χ0v) is 39.7. The van der Waals surface area contributed by atoms with E-state index in [0.29, 0.717) is 11.4 Å². The molecule has 10 aromatic rings. The van der Waals surface area contributed by atoms with Crippen LogP contribution in [-0.4, -0.2) is 48.4 Å². The minimum absolute atomic E-state index is 0.117. The topological polar surface area (TPSA) is 104 Å². The molecule has 0 aliphatic carbocycles. The largest absolute Gasteiger partial charge is 0.497 e. The summed E-state index contributed by atoms with van der Waals surface area (Å²) in [5.41, 5.74) is 13.0. The van der Waals surface area contributed by atoms with Crippen LogP contribution in [0, 0.1) is 13.1 Å². The molecule has 0 atom stereocenters. The van der Waals surface area contributed by atoms with E-state index in [2.05, 4.69) is 102 Å². The maximum absolute atomic E-state index is 7.66. The van der Waals surface area contributed by atoms with Gasteiger partial charge in [0.2, 0.25) is 0 Å². The van der Waals surface area contributed by atoms with E-state index in [9.17, 15) is 0 Å². The normalized spacial score (nSPS) is 10.8. The molecule has 12 heteroatoms. The molecule has 12 nitrogen and oxygen atoms in total. The first-order valence-corrected chi connectivity index (χ1v) is 22.8. The van der Waals surface area contributed by atoms with Gasteiger partial charge in [-0.05, 0) is 144 Å². The summed E-state index contributed by atoms with van der Waals surface area (Å²) in [5, 5.41) is 0. The lowest BCUT2D eigenvalue weighted by Gasteiger charge is -2.26. The van der Waals surface area contributed by atoms with Gasteiger partial charge in [-0.25, -0.2) is 0 Å². The zero-order valence-electron chi connectivity index (χ0n) is 39.7. The number of fused-ring (bicyclic) bond motifs is 1. The highest BCUT2D eigenvalue weighted by molar-refractivity contribution is 5.87. The summed E-state index contributed by atoms with van der Waals surface area (Å²) in [7, 11) is 6.64. The lowest BCUT2D eigenvalue weighted by atomic mass is 9.98. The van der Waals surface area contributed by atoms with Crippen LogP contribution in [0.1, 0.15) is 0 Å². The van der Waals surface area contributed by atoms with E-state index >= 15 is 0 Å². The van der Waals surface area contributed by atoms with Crippen LogP contribution in [0.4, 0.5) is 45.8 Å². The van der Waals surface area contributed by atoms with Crippen LogP contribution >= 0.6 is 0 Å². The molecule has 72 heavy (non-hydrogen) atoms. The van der Waals surface area contributed by atoms with E-state index < -0.39 is 0 Å². The quantitative estimate of drug-likeness (QED) is 0.0979. The van der Waals surface area contributed by atoms with Crippen LogP contribution in [0.25, 0.3) is 65.8 Å². The van der Waals surface area contributed by atoms with Gasteiger partial charge in [-0.3, -0.25) is 0 Å². The van der Waals surface area contributed by atoms with Crippen molar-refractivity contribution in [1.82, 2.24) is 19.9 Å². The second-order valence-electron chi connectivity index (χ2n) is 16.4. The van der Waals surface area contributed by atoms with E-state index in [4.69, 9.17) is 42.1 Å². The number of methoxy groups -OCH3 is 4. The second-order valence-corrected chi connectivity index (χ2v) is 16.4. The number of anilines is 6. The van der Waals surface area contributed by atoms with E-state index in [-0.39, 0.29) is 22.9 Å². The average molecular weight is 941 g/mol. The molecular formula is C60H44N8O4. The highest BCUT2D eigenvalue weighted by Gasteiger charge is 2.22. The molecule has 0 bridgehead atoms. The Balaban J connectivity index is 0.961. The van der Waals surface area contributed by atoms with Crippen LogP contribution < -0.4 is 28.7 Å². The Labute approximate surface area is 417 Å². The lowest BCUT2D eigenvalue weighted by molar-refractivity contribution is 0.414. The third-order valence-corrected chi connectivity index (χ3v) is 12.3. The summed E-state index contributed by atoms with van der Waals surface area (Å²) in [6.45, 7) is 15.3. The molecule has 2 aromatic heterocycles. The fourth-order valence-corrected chi connectivity index (χ4v) is 8.49. The SMILES string of the molecule is [C-]#[N+]c1nc2nc(-c3ccc(-c4ccc(N(c5ccc(OC)cc5)c5ccc(OC)cc5)cc4)cc3)c(-c3ccc(-c4ccc(N(c5ccc(OC)cc5)c5ccc(OC)cc5)cc4)cc3)nc2nc1[N+]#[C-]. The summed E-state index contributed by atoms with van der Waals surface area (Å²) in [6, 6.07) is 65.0. The van der Waals surface area contributed by atoms with Gasteiger partial charge < -0.3 is 38.4 Å². The number of benzene rings is 8. The summed E-state index contributed by atoms with van der Waals surface area (Å²) in [6.07, 6.45) is 0. The molecule has 0 unspecified atom stereocenters. The highest BCUT2D eigenvalue weighted by atomic mass is 16.5. The number of rotatable bonds is 14. The standard InChI is InChI=1S/C60H44N8O4/c1-61-57-58(62-2)66-60-59(65-57)63-55(43-11-7-39(8-12-43)41-15-19-45(20-16-41)67(47-23-31-51(69-3)32-24-47)48-25-33-52(70-4)34-26-48)56(64-60)44-13-9-40(10-14-44)42-17-21-46(22-18-42)68(49-27-35-53(71-5)36-28-49)50-29-37-54(72-6)38-30-50/h7-38H,3-6H3. The predicted octanol–water partition coefficient (Wildman–Crippen LogP) is 15.2. The van der Waals surface area contributed by atoms with Crippen molar-refractivity contribution in [3.63, 3.8) is 0 Å². The van der Waals surface area contributed by atoms with E-state index in [1.165, 1.54) is 0 Å². The second kappa shape index (κ2) is 20.3. The van der Waals surface area contributed by atoms with Crippen molar-refractivity contribution in [1.29, 1.82) is 0 Å². The van der Waals surface area contributed by atoms with Crippen molar-refractivity contribution in [3.05, 3.63) is 217 Å². The molecular weight excluding hydrogens is 897 g/mol. The highest BCUT2D eigenvalue weighted by Crippen LogP contribution is 2.40. The number of aromatic nitrogens is 4. The van der Waals surface area contributed by atoms with Crippen LogP contribution in [0.3, 0.4) is 0 Å². The smallest absolute Gasteiger partial charge is 0.316 e. The first-order valence-electron chi connectivity index (χ1n) is 22.8. The summed E-state index contributed by atoms with van der Waals surface area (Å²) in [5.74, 6) is 2.88. The monoisotopic (exact) mass is 940 g/mol. The molecule has 0 radical (unpaired) electrons. The Morgan fingerprint density at radius 3 is 0.722 bits per heavy atom. The van der Waals surface area contributed by atoms with Gasteiger partial charge in [0, 0.05) is 45.3 Å². The van der Waals surface area contributed by atoms with Crippen molar-refractivity contribution in [2.24, 2.45) is 0 Å². The van der Waals surface area contributed by atoms with Gasteiger partial charge in [-0.15, -0.1) is 9.97 Å². The maximum Gasteiger partial charge on any atom is 0.316 e. The summed E-state index contributed by atoms with van der Waals surface area (Å²) in [4.78, 5) is 30.1. The molecule has 8 aromatic carbocycles. The zero-order chi connectivity index (χ0) is 49.6. The fourth-order valence-electron chi connectivity index (χ4n) is 8.49. The van der Waals surface area contributed by atoms with Crippen LogP contribution in [0.5, 0.6) is 23.0 Å². The molecule has 0 saturated carbocycles. The van der Waals surface area contributed by atoms with Gasteiger partial charge in [0.05, 0.1) is 28.4 Å². The number of hydrogen-bond acceptors (Lipinski definition) is 10. The minimum Gasteiger partial charge on any atom is -0.497 e. The van der Waals surface area contributed by atoms with Crippen molar-refractivity contribution >= 4 is 57.1 Å². The molecule has 0 aliphatic rings. The summed E-state index contributed by atoms with van der Waals surface area (Å²) < 4.78 is 21.8. The van der Waals surface area contributed by atoms with Crippen molar-refractivity contribution in [2.45, 2.75) is 0 Å². The maximum atomic E-state index is 7.66. The Bertz CT molecular complexity index is 3260. The molecule has 348 valence electrons. The molecule has 2 heterocycles. The van der Waals surface area contributed by atoms with Crippen molar-refractivity contribution in [2.75, 3.05) is 38.2 Å². The number of ether oxygens (including phenoxy) is 4. The number of nitrogens with zero attached hydrogens (tertiary/aromatic N) is 8. The first kappa shape index (κ1) is 45.7. The predicted molar refractivity (Wildman–Crippen MR) is 285 cm³/mol. The Morgan fingerprint density at radius 1 is 0.292 bits per heavy atom. The van der Waals surface area contributed by atoms with Crippen LogP contribution in [0.15, 0.2) is 194 Å². The van der Waals surface area contributed by atoms with Gasteiger partial charge in [-0.1, -0.05) is 85.9 Å². The van der Waals surface area contributed by atoms with Crippen LogP contribution in [0.2, 0.25) is 0 Å². The lowest BCUT2D eigenvalue weighted by Crippen LogP contribution is -2.09. The van der Waals surface area contributed by atoms with Crippen molar-refractivity contribution in [3.8, 4) is 67.8 Å². The number of hydrogen-bond donors (Lipinski definition) is 0. The molecule has 0 spiro atoms. The van der Waals surface area contributed by atoms with Gasteiger partial charge in [0.25, 0.3) is 11.6 Å². The molecule has 0 aliphatic heterocycles. The van der Waals surface area contributed by atoms with Gasteiger partial charge in [0.1, 0.15) is 34.4 Å². The van der Waals surface area contributed by atoms with Gasteiger partial charge in [0.15, 0.2) is 0 Å². The molecule has 0 fully saturated rings. The van der Waals surface area contributed by atoms with E-state index in [1.807, 2.05) is 121 Å². The van der Waals surface area contributed by atoms with Crippen LogP contribution in [-0.2, 0) is 0 Å². The third-order valence-electron chi connectivity index (χ3n) is 12.3. The molecule has 0 N–H and O–H groups in total. The van der Waals surface area contributed by atoms with E-state index in [0.717, 1.165) is 90.5 Å². The minimum atomic E-state index is -0.117. The van der Waals surface area contributed by atoms with E-state index in [1.54, 1.807) is 28.4 Å². The fraction of sp³-hybridized carbons (Fsp3) is 0.0667. The molecule has 0 amide bonds. The molecule has 10 rings (SSSR count). The Kier molecular flexibility index (Phi) is 12.9.